The van der Waals surface area contributed by atoms with Gasteiger partial charge in [0.15, 0.2) is 0 Å². The van der Waals surface area contributed by atoms with Crippen LogP contribution in [-0.4, -0.2) is 47.5 Å². The minimum Gasteiger partial charge on any atom is -0.326 e. The van der Waals surface area contributed by atoms with E-state index in [2.05, 4.69) is 34.6 Å². The highest BCUT2D eigenvalue weighted by molar-refractivity contribution is 7.99. The maximum absolute atomic E-state index is 12.2. The van der Waals surface area contributed by atoms with Crippen molar-refractivity contribution in [2.24, 2.45) is 0 Å². The first-order chi connectivity index (χ1) is 11.7. The summed E-state index contributed by atoms with van der Waals surface area (Å²) in [6.45, 7) is 5.54. The van der Waals surface area contributed by atoms with E-state index in [4.69, 9.17) is 0 Å². The van der Waals surface area contributed by atoms with Crippen LogP contribution in [-0.2, 0) is 11.3 Å². The van der Waals surface area contributed by atoms with Crippen LogP contribution in [0.15, 0.2) is 24.3 Å². The van der Waals surface area contributed by atoms with Crippen LogP contribution in [0.1, 0.15) is 38.2 Å². The Morgan fingerprint density at radius 2 is 2.04 bits per heavy atom. The van der Waals surface area contributed by atoms with Gasteiger partial charge in [0.2, 0.25) is 5.91 Å². The second-order valence-corrected chi connectivity index (χ2v) is 8.14. The quantitative estimate of drug-likeness (QED) is 0.758. The molecule has 2 aliphatic rings. The Morgan fingerprint density at radius 1 is 1.27 bits per heavy atom. The Hall–Kier alpha value is -0.460. The van der Waals surface area contributed by atoms with E-state index in [0.29, 0.717) is 18.5 Å². The zero-order valence-electron chi connectivity index (χ0n) is 15.4. The molecule has 2 N–H and O–H groups in total. The number of nitrogens with zero attached hydrogens (tertiary/aromatic N) is 1. The van der Waals surface area contributed by atoms with Crippen molar-refractivity contribution in [2.45, 2.75) is 51.2 Å². The van der Waals surface area contributed by atoms with Gasteiger partial charge in [-0.1, -0.05) is 18.6 Å². The minimum absolute atomic E-state index is 0. The highest BCUT2D eigenvalue weighted by Gasteiger charge is 2.18. The molecule has 2 atom stereocenters. The SMILES string of the molecule is CC1CCCCN1Cc1ccc(NC(=O)CC2CSCCN2)cc1.Cl.Cl. The van der Waals surface area contributed by atoms with Crippen LogP contribution >= 0.6 is 36.6 Å². The van der Waals surface area contributed by atoms with Gasteiger partial charge < -0.3 is 10.6 Å². The van der Waals surface area contributed by atoms with E-state index in [1.165, 1.54) is 31.4 Å². The summed E-state index contributed by atoms with van der Waals surface area (Å²) in [6, 6.07) is 9.34. The van der Waals surface area contributed by atoms with E-state index in [1.54, 1.807) is 0 Å². The number of thioether (sulfide) groups is 1. The maximum Gasteiger partial charge on any atom is 0.225 e. The molecule has 0 bridgehead atoms. The van der Waals surface area contributed by atoms with Crippen molar-refractivity contribution in [1.29, 1.82) is 0 Å². The summed E-state index contributed by atoms with van der Waals surface area (Å²) >= 11 is 1.92. The zero-order valence-corrected chi connectivity index (χ0v) is 17.9. The topological polar surface area (TPSA) is 44.4 Å². The number of carbonyl (C=O) groups excluding carboxylic acids is 1. The monoisotopic (exact) mass is 419 g/mol. The molecule has 1 aromatic carbocycles. The van der Waals surface area contributed by atoms with Crippen LogP contribution in [0.4, 0.5) is 5.69 Å². The molecule has 2 aliphatic heterocycles. The number of rotatable bonds is 5. The van der Waals surface area contributed by atoms with Crippen molar-refractivity contribution in [1.82, 2.24) is 10.2 Å². The number of amides is 1. The van der Waals surface area contributed by atoms with Crippen molar-refractivity contribution in [2.75, 3.05) is 29.9 Å². The summed E-state index contributed by atoms with van der Waals surface area (Å²) in [5.41, 5.74) is 2.23. The molecule has 0 aromatic heterocycles. The lowest BCUT2D eigenvalue weighted by atomic mass is 10.0. The largest absolute Gasteiger partial charge is 0.326 e. The van der Waals surface area contributed by atoms with E-state index >= 15 is 0 Å². The Balaban J connectivity index is 0.00000169. The van der Waals surface area contributed by atoms with Crippen LogP contribution in [0.5, 0.6) is 0 Å². The smallest absolute Gasteiger partial charge is 0.225 e. The Labute approximate surface area is 174 Å². The van der Waals surface area contributed by atoms with Gasteiger partial charge in [0.05, 0.1) is 0 Å². The first kappa shape index (κ1) is 23.6. The van der Waals surface area contributed by atoms with Crippen LogP contribution in [0.25, 0.3) is 0 Å². The van der Waals surface area contributed by atoms with Gasteiger partial charge in [-0.15, -0.1) is 24.8 Å². The fourth-order valence-corrected chi connectivity index (χ4v) is 4.46. The van der Waals surface area contributed by atoms with E-state index in [-0.39, 0.29) is 30.7 Å². The van der Waals surface area contributed by atoms with Gasteiger partial charge in [0, 0.05) is 48.8 Å². The van der Waals surface area contributed by atoms with Gasteiger partial charge in [0.1, 0.15) is 0 Å². The molecule has 2 unspecified atom stereocenters. The predicted octanol–water partition coefficient (Wildman–Crippen LogP) is 3.94. The standard InChI is InChI=1S/C19H29N3OS.2ClH/c1-15-4-2-3-10-22(15)13-16-5-7-17(8-6-16)21-19(23)12-18-14-24-11-9-20-18;;/h5-8,15,18,20H,2-4,9-14H2,1H3,(H,21,23);2*1H. The van der Waals surface area contributed by atoms with Gasteiger partial charge in [0.25, 0.3) is 0 Å². The van der Waals surface area contributed by atoms with Crippen LogP contribution < -0.4 is 10.6 Å². The molecule has 1 aromatic rings. The average Bonchev–Trinajstić information content (AvgIpc) is 2.59. The molecule has 2 heterocycles. The predicted molar refractivity (Wildman–Crippen MR) is 117 cm³/mol. The molecule has 4 nitrogen and oxygen atoms in total. The number of benzene rings is 1. The van der Waals surface area contributed by atoms with Gasteiger partial charge >= 0.3 is 0 Å². The normalized spacial score (nSPS) is 23.4. The number of piperidine rings is 1. The van der Waals surface area contributed by atoms with E-state index in [9.17, 15) is 4.79 Å². The van der Waals surface area contributed by atoms with Crippen LogP contribution in [0.2, 0.25) is 0 Å². The summed E-state index contributed by atoms with van der Waals surface area (Å²) in [5, 5.41) is 6.43. The molecule has 26 heavy (non-hydrogen) atoms. The maximum atomic E-state index is 12.2. The van der Waals surface area contributed by atoms with Crippen molar-refractivity contribution in [3.05, 3.63) is 29.8 Å². The minimum atomic E-state index is 0. The van der Waals surface area contributed by atoms with Crippen molar-refractivity contribution < 1.29 is 4.79 Å². The first-order valence-electron chi connectivity index (χ1n) is 9.14. The van der Waals surface area contributed by atoms with Gasteiger partial charge in [-0.3, -0.25) is 9.69 Å². The first-order valence-corrected chi connectivity index (χ1v) is 10.3. The fourth-order valence-electron chi connectivity index (χ4n) is 3.51. The van der Waals surface area contributed by atoms with Gasteiger partial charge in [-0.05, 0) is 44.0 Å². The Morgan fingerprint density at radius 3 is 2.69 bits per heavy atom. The summed E-state index contributed by atoms with van der Waals surface area (Å²) in [7, 11) is 0. The molecular formula is C19H31Cl2N3OS. The molecule has 7 heteroatoms. The summed E-state index contributed by atoms with van der Waals surface area (Å²) < 4.78 is 0. The third kappa shape index (κ3) is 7.28. The molecular weight excluding hydrogens is 389 g/mol. The van der Waals surface area contributed by atoms with Crippen LogP contribution in [0, 0.1) is 0 Å². The number of hydrogen-bond acceptors (Lipinski definition) is 4. The number of likely N-dealkylation sites (tertiary alicyclic amines) is 1. The Bertz CT molecular complexity index is 538. The molecule has 1 amide bonds. The summed E-state index contributed by atoms with van der Waals surface area (Å²) in [6.07, 6.45) is 4.53. The van der Waals surface area contributed by atoms with Crippen molar-refractivity contribution in [3.8, 4) is 0 Å². The van der Waals surface area contributed by atoms with E-state index in [1.807, 2.05) is 23.9 Å². The second kappa shape index (κ2) is 12.1. The molecule has 0 saturated carbocycles. The molecule has 0 aliphatic carbocycles. The Kier molecular flexibility index (Phi) is 11.0. The van der Waals surface area contributed by atoms with Crippen molar-refractivity contribution >= 4 is 48.2 Å². The lowest BCUT2D eigenvalue weighted by Gasteiger charge is -2.33. The van der Waals surface area contributed by atoms with Crippen LogP contribution in [0.3, 0.4) is 0 Å². The summed E-state index contributed by atoms with van der Waals surface area (Å²) in [5.74, 6) is 2.28. The molecule has 0 radical (unpaired) electrons. The third-order valence-corrected chi connectivity index (χ3v) is 6.13. The number of nitrogens with one attached hydrogen (secondary N) is 2. The molecule has 3 rings (SSSR count). The summed E-state index contributed by atoms with van der Waals surface area (Å²) in [4.78, 5) is 14.7. The number of carbonyl (C=O) groups is 1. The zero-order chi connectivity index (χ0) is 16.8. The molecule has 148 valence electrons. The highest BCUT2D eigenvalue weighted by Crippen LogP contribution is 2.20. The number of hydrogen-bond donors (Lipinski definition) is 2. The van der Waals surface area contributed by atoms with Gasteiger partial charge in [-0.2, -0.15) is 11.8 Å². The highest BCUT2D eigenvalue weighted by atomic mass is 35.5. The average molecular weight is 420 g/mol. The third-order valence-electron chi connectivity index (χ3n) is 4.99. The number of anilines is 1. The molecule has 2 fully saturated rings. The lowest BCUT2D eigenvalue weighted by molar-refractivity contribution is -0.116. The van der Waals surface area contributed by atoms with Gasteiger partial charge in [-0.25, -0.2) is 0 Å². The molecule has 0 spiro atoms. The molecule has 2 saturated heterocycles. The lowest BCUT2D eigenvalue weighted by Crippen LogP contribution is -2.39. The van der Waals surface area contributed by atoms with Crippen molar-refractivity contribution in [3.63, 3.8) is 0 Å². The number of halogens is 2. The fraction of sp³-hybridized carbons (Fsp3) is 0.632. The van der Waals surface area contributed by atoms with E-state index in [0.717, 1.165) is 30.3 Å². The van der Waals surface area contributed by atoms with E-state index < -0.39 is 0 Å². The second-order valence-electron chi connectivity index (χ2n) is 6.99.